The summed E-state index contributed by atoms with van der Waals surface area (Å²) in [5.74, 6) is 1.10. The molecule has 0 spiro atoms. The highest BCUT2D eigenvalue weighted by Crippen LogP contribution is 2.24. The summed E-state index contributed by atoms with van der Waals surface area (Å²) in [7, 11) is 1.98. The highest BCUT2D eigenvalue weighted by Gasteiger charge is 2.23. The molecule has 0 radical (unpaired) electrons. The molecule has 0 unspecified atom stereocenters. The van der Waals surface area contributed by atoms with Gasteiger partial charge in [-0.1, -0.05) is 0 Å². The van der Waals surface area contributed by atoms with Gasteiger partial charge in [0.05, 0.1) is 30.9 Å². The third-order valence-corrected chi connectivity index (χ3v) is 4.03. The Kier molecular flexibility index (Phi) is 4.39. The zero-order chi connectivity index (χ0) is 16.2. The van der Waals surface area contributed by atoms with Crippen molar-refractivity contribution in [3.8, 4) is 17.3 Å². The third-order valence-electron chi connectivity index (χ3n) is 4.03. The number of rotatable bonds is 5. The van der Waals surface area contributed by atoms with Gasteiger partial charge in [-0.15, -0.1) is 0 Å². The molecule has 3 N–H and O–H groups in total. The van der Waals surface area contributed by atoms with Gasteiger partial charge in [-0.05, 0) is 13.5 Å². The lowest BCUT2D eigenvalue weighted by Crippen LogP contribution is -2.30. The van der Waals surface area contributed by atoms with Crippen LogP contribution in [-0.2, 0) is 6.54 Å². The van der Waals surface area contributed by atoms with E-state index in [4.69, 9.17) is 11.0 Å². The van der Waals surface area contributed by atoms with Crippen LogP contribution in [0.25, 0.3) is 11.3 Å². The maximum atomic E-state index is 8.65. The van der Waals surface area contributed by atoms with Crippen molar-refractivity contribution < 1.29 is 0 Å². The van der Waals surface area contributed by atoms with E-state index >= 15 is 0 Å². The number of anilines is 2. The van der Waals surface area contributed by atoms with Gasteiger partial charge < -0.3 is 16.0 Å². The fraction of sp³-hybridized carbons (Fsp3) is 0.467. The topological polar surface area (TPSA) is 109 Å². The predicted molar refractivity (Wildman–Crippen MR) is 87.6 cm³/mol. The number of hydrogen-bond acceptors (Lipinski definition) is 7. The molecule has 1 atom stereocenters. The predicted octanol–water partition coefficient (Wildman–Crippen LogP) is 0.634. The number of nitriles is 1. The Morgan fingerprint density at radius 3 is 3.09 bits per heavy atom. The highest BCUT2D eigenvalue weighted by atomic mass is 15.3. The summed E-state index contributed by atoms with van der Waals surface area (Å²) >= 11 is 0. The second-order valence-electron chi connectivity index (χ2n) is 5.59. The van der Waals surface area contributed by atoms with Crippen LogP contribution in [0.15, 0.2) is 18.5 Å². The molecule has 3 rings (SSSR count). The molecule has 1 fully saturated rings. The summed E-state index contributed by atoms with van der Waals surface area (Å²) in [6.45, 7) is 2.43. The zero-order valence-corrected chi connectivity index (χ0v) is 13.1. The van der Waals surface area contributed by atoms with Crippen LogP contribution >= 0.6 is 0 Å². The van der Waals surface area contributed by atoms with Crippen LogP contribution in [0, 0.1) is 11.3 Å². The molecule has 8 heteroatoms. The van der Waals surface area contributed by atoms with Crippen molar-refractivity contribution in [2.45, 2.75) is 25.4 Å². The van der Waals surface area contributed by atoms with E-state index in [1.807, 2.05) is 19.3 Å². The van der Waals surface area contributed by atoms with E-state index in [0.29, 0.717) is 19.0 Å². The Labute approximate surface area is 134 Å². The van der Waals surface area contributed by atoms with Gasteiger partial charge in [-0.25, -0.2) is 4.98 Å². The van der Waals surface area contributed by atoms with Crippen molar-refractivity contribution in [1.29, 1.82) is 5.26 Å². The molecule has 0 amide bonds. The first kappa shape index (κ1) is 15.2. The fourth-order valence-electron chi connectivity index (χ4n) is 2.75. The molecule has 2 aromatic heterocycles. The van der Waals surface area contributed by atoms with Crippen LogP contribution in [0.2, 0.25) is 0 Å². The summed E-state index contributed by atoms with van der Waals surface area (Å²) in [4.78, 5) is 10.9. The molecule has 8 nitrogen and oxygen atoms in total. The average molecular weight is 312 g/mol. The Hall–Kier alpha value is -2.66. The van der Waals surface area contributed by atoms with E-state index in [1.165, 1.54) is 0 Å². The second kappa shape index (κ2) is 6.62. The van der Waals surface area contributed by atoms with Crippen LogP contribution in [-0.4, -0.2) is 45.9 Å². The number of aryl methyl sites for hydroxylation is 1. The zero-order valence-electron chi connectivity index (χ0n) is 13.1. The first-order chi connectivity index (χ1) is 11.2. The minimum Gasteiger partial charge on any atom is -0.368 e. The lowest BCUT2D eigenvalue weighted by Gasteiger charge is -2.18. The fourth-order valence-corrected chi connectivity index (χ4v) is 2.75. The quantitative estimate of drug-likeness (QED) is 0.833. The van der Waals surface area contributed by atoms with E-state index in [0.717, 1.165) is 36.6 Å². The standard InChI is InChI=1S/C15H20N8/c1-18-12-3-6-22(10-12)14-7-13(20-15(17)21-14)11-8-19-23(9-11)5-2-4-16/h7-9,12,18H,2-3,5-6,10H2,1H3,(H2,17,20,21)/t12-/m1/s1. The lowest BCUT2D eigenvalue weighted by molar-refractivity contribution is 0.616. The Morgan fingerprint density at radius 1 is 1.48 bits per heavy atom. The number of likely N-dealkylation sites (N-methyl/N-ethyl adjacent to an activating group) is 1. The van der Waals surface area contributed by atoms with Crippen molar-refractivity contribution in [1.82, 2.24) is 25.1 Å². The molecule has 1 saturated heterocycles. The molecule has 1 aliphatic rings. The normalized spacial score (nSPS) is 17.4. The van der Waals surface area contributed by atoms with Crippen molar-refractivity contribution in [3.63, 3.8) is 0 Å². The summed E-state index contributed by atoms with van der Waals surface area (Å²) in [6.07, 6.45) is 5.13. The van der Waals surface area contributed by atoms with Crippen molar-refractivity contribution in [2.75, 3.05) is 30.8 Å². The Balaban J connectivity index is 1.83. The van der Waals surface area contributed by atoms with Gasteiger partial charge >= 0.3 is 0 Å². The average Bonchev–Trinajstić information content (AvgIpc) is 3.21. The number of nitrogens with two attached hydrogens (primary N) is 1. The smallest absolute Gasteiger partial charge is 0.222 e. The van der Waals surface area contributed by atoms with Gasteiger partial charge in [-0.3, -0.25) is 4.68 Å². The second-order valence-corrected chi connectivity index (χ2v) is 5.59. The Bertz CT molecular complexity index is 717. The van der Waals surface area contributed by atoms with Gasteiger partial charge in [0, 0.05) is 37.0 Å². The SMILES string of the molecule is CN[C@@H]1CCN(c2cc(-c3cnn(CCC#N)c3)nc(N)n2)C1. The summed E-state index contributed by atoms with van der Waals surface area (Å²) in [5.41, 5.74) is 7.51. The van der Waals surface area contributed by atoms with Crippen LogP contribution in [0.1, 0.15) is 12.8 Å². The van der Waals surface area contributed by atoms with Crippen molar-refractivity contribution in [2.24, 2.45) is 0 Å². The van der Waals surface area contributed by atoms with Gasteiger partial charge in [-0.2, -0.15) is 15.3 Å². The molecule has 23 heavy (non-hydrogen) atoms. The molecule has 3 heterocycles. The lowest BCUT2D eigenvalue weighted by atomic mass is 10.2. The van der Waals surface area contributed by atoms with Gasteiger partial charge in [0.2, 0.25) is 5.95 Å². The molecule has 0 aliphatic carbocycles. The first-order valence-corrected chi connectivity index (χ1v) is 7.66. The minimum atomic E-state index is 0.259. The van der Waals surface area contributed by atoms with Gasteiger partial charge in [0.25, 0.3) is 0 Å². The van der Waals surface area contributed by atoms with Gasteiger partial charge in [0.1, 0.15) is 5.82 Å². The van der Waals surface area contributed by atoms with Crippen molar-refractivity contribution in [3.05, 3.63) is 18.5 Å². The monoisotopic (exact) mass is 312 g/mol. The maximum absolute atomic E-state index is 8.65. The van der Waals surface area contributed by atoms with Crippen molar-refractivity contribution >= 4 is 11.8 Å². The molecule has 1 aliphatic heterocycles. The molecular weight excluding hydrogens is 292 g/mol. The molecule has 0 bridgehead atoms. The number of hydrogen-bond donors (Lipinski definition) is 2. The molecule has 120 valence electrons. The largest absolute Gasteiger partial charge is 0.368 e. The molecule has 0 aromatic carbocycles. The molecular formula is C15H20N8. The van der Waals surface area contributed by atoms with E-state index in [9.17, 15) is 0 Å². The summed E-state index contributed by atoms with van der Waals surface area (Å²) in [6, 6.07) is 4.53. The maximum Gasteiger partial charge on any atom is 0.222 e. The summed E-state index contributed by atoms with van der Waals surface area (Å²) < 4.78 is 1.74. The Morgan fingerprint density at radius 2 is 2.35 bits per heavy atom. The van der Waals surface area contributed by atoms with Crippen LogP contribution in [0.5, 0.6) is 0 Å². The summed E-state index contributed by atoms with van der Waals surface area (Å²) in [5, 5.41) is 16.2. The van der Waals surface area contributed by atoms with E-state index in [2.05, 4.69) is 31.4 Å². The number of nitrogen functional groups attached to an aromatic ring is 1. The third kappa shape index (κ3) is 3.40. The van der Waals surface area contributed by atoms with Crippen LogP contribution in [0.3, 0.4) is 0 Å². The van der Waals surface area contributed by atoms with Crippen LogP contribution < -0.4 is 16.0 Å². The molecule has 2 aromatic rings. The van der Waals surface area contributed by atoms with E-state index in [-0.39, 0.29) is 5.95 Å². The van der Waals surface area contributed by atoms with E-state index < -0.39 is 0 Å². The number of nitrogens with zero attached hydrogens (tertiary/aromatic N) is 6. The number of aromatic nitrogens is 4. The number of nitrogens with one attached hydrogen (secondary N) is 1. The first-order valence-electron chi connectivity index (χ1n) is 7.66. The molecule has 0 saturated carbocycles. The van der Waals surface area contributed by atoms with E-state index in [1.54, 1.807) is 10.9 Å². The highest BCUT2D eigenvalue weighted by molar-refractivity contribution is 5.63. The minimum absolute atomic E-state index is 0.259. The van der Waals surface area contributed by atoms with Crippen LogP contribution in [0.4, 0.5) is 11.8 Å². The van der Waals surface area contributed by atoms with Gasteiger partial charge in [0.15, 0.2) is 0 Å².